The van der Waals surface area contributed by atoms with Crippen LogP contribution in [0.4, 0.5) is 32.0 Å². The monoisotopic (exact) mass is 406 g/mol. The number of hydrogen-bond acceptors (Lipinski definition) is 3. The van der Waals surface area contributed by atoms with E-state index in [1.165, 1.54) is 30.3 Å². The second-order valence-corrected chi connectivity index (χ2v) is 5.76. The lowest BCUT2D eigenvalue weighted by molar-refractivity contribution is -0.153. The van der Waals surface area contributed by atoms with E-state index in [2.05, 4.69) is 15.4 Å². The Morgan fingerprint density at radius 1 is 0.964 bits per heavy atom. The van der Waals surface area contributed by atoms with Gasteiger partial charge in [0.25, 0.3) is 0 Å². The van der Waals surface area contributed by atoms with Gasteiger partial charge in [0.2, 0.25) is 5.91 Å². The summed E-state index contributed by atoms with van der Waals surface area (Å²) >= 11 is 0. The van der Waals surface area contributed by atoms with Crippen LogP contribution < -0.4 is 15.4 Å². The Balaban J connectivity index is 1.83. The molecule has 0 unspecified atom stereocenters. The van der Waals surface area contributed by atoms with Crippen LogP contribution in [0.3, 0.4) is 0 Å². The summed E-state index contributed by atoms with van der Waals surface area (Å²) in [5.74, 6) is -0.495. The summed E-state index contributed by atoms with van der Waals surface area (Å²) < 4.78 is 79.0. The lowest BCUT2D eigenvalue weighted by Crippen LogP contribution is -2.29. The second kappa shape index (κ2) is 8.85. The van der Waals surface area contributed by atoms with Crippen LogP contribution in [-0.4, -0.2) is 25.2 Å². The van der Waals surface area contributed by atoms with Gasteiger partial charge in [0, 0.05) is 12.2 Å². The molecule has 0 saturated carbocycles. The Hall–Kier alpha value is -2.91. The fourth-order valence-corrected chi connectivity index (χ4v) is 2.16. The number of anilines is 1. The highest BCUT2D eigenvalue weighted by atomic mass is 19.4. The molecular weight excluding hydrogens is 390 g/mol. The van der Waals surface area contributed by atoms with Gasteiger partial charge in [-0.3, -0.25) is 4.79 Å². The van der Waals surface area contributed by atoms with Gasteiger partial charge in [0.05, 0.1) is 12.1 Å². The minimum absolute atomic E-state index is 0.00571. The fraction of sp³-hybridized carbons (Fsp3) is 0.278. The maximum absolute atomic E-state index is 12.6. The first-order valence-corrected chi connectivity index (χ1v) is 7.99. The average Bonchev–Trinajstić information content (AvgIpc) is 2.62. The van der Waals surface area contributed by atoms with Crippen LogP contribution >= 0.6 is 0 Å². The minimum Gasteiger partial charge on any atom is -0.484 e. The number of carbonyl (C=O) groups is 1. The van der Waals surface area contributed by atoms with E-state index in [0.29, 0.717) is 5.56 Å². The highest BCUT2D eigenvalue weighted by molar-refractivity contribution is 5.80. The standard InChI is InChI=1S/C18H16F6N2O2/c19-17(20,21)11-28-15-6-1-3-12(7-15)9-26-16(27)10-25-14-5-2-4-13(8-14)18(22,23)24/h1-8,25H,9-11H2,(H,26,27). The number of benzene rings is 2. The van der Waals surface area contributed by atoms with Crippen molar-refractivity contribution < 1.29 is 35.9 Å². The molecule has 0 atom stereocenters. The van der Waals surface area contributed by atoms with Crippen LogP contribution in [0.2, 0.25) is 0 Å². The van der Waals surface area contributed by atoms with Gasteiger partial charge in [0.1, 0.15) is 5.75 Å². The molecule has 1 amide bonds. The van der Waals surface area contributed by atoms with Crippen LogP contribution in [-0.2, 0) is 17.5 Å². The molecule has 2 N–H and O–H groups in total. The molecule has 2 rings (SSSR count). The van der Waals surface area contributed by atoms with Gasteiger partial charge in [-0.15, -0.1) is 0 Å². The van der Waals surface area contributed by atoms with E-state index in [0.717, 1.165) is 12.1 Å². The summed E-state index contributed by atoms with van der Waals surface area (Å²) in [6.45, 7) is -1.68. The maximum atomic E-state index is 12.6. The summed E-state index contributed by atoms with van der Waals surface area (Å²) in [7, 11) is 0. The highest BCUT2D eigenvalue weighted by Crippen LogP contribution is 2.30. The molecule has 2 aromatic rings. The molecule has 2 aromatic carbocycles. The third-order valence-electron chi connectivity index (χ3n) is 3.43. The molecule has 0 aromatic heterocycles. The van der Waals surface area contributed by atoms with Crippen molar-refractivity contribution in [2.45, 2.75) is 18.9 Å². The van der Waals surface area contributed by atoms with Crippen LogP contribution in [0.15, 0.2) is 48.5 Å². The molecule has 0 aliphatic carbocycles. The van der Waals surface area contributed by atoms with Crippen molar-refractivity contribution in [3.8, 4) is 5.75 Å². The number of halogens is 6. The van der Waals surface area contributed by atoms with Crippen molar-refractivity contribution in [1.29, 1.82) is 0 Å². The van der Waals surface area contributed by atoms with Crippen LogP contribution in [0, 0.1) is 0 Å². The molecular formula is C18H16F6N2O2. The predicted molar refractivity (Wildman–Crippen MR) is 89.8 cm³/mol. The molecule has 10 heteroatoms. The minimum atomic E-state index is -4.49. The molecule has 152 valence electrons. The first-order valence-electron chi connectivity index (χ1n) is 7.99. The number of rotatable bonds is 7. The Morgan fingerprint density at radius 3 is 2.36 bits per heavy atom. The quantitative estimate of drug-likeness (QED) is 0.672. The molecule has 0 radical (unpaired) electrons. The van der Waals surface area contributed by atoms with Gasteiger partial charge in [-0.2, -0.15) is 26.3 Å². The Bertz CT molecular complexity index is 805. The fourth-order valence-electron chi connectivity index (χ4n) is 2.16. The van der Waals surface area contributed by atoms with Gasteiger partial charge >= 0.3 is 12.4 Å². The van der Waals surface area contributed by atoms with Crippen LogP contribution in [0.1, 0.15) is 11.1 Å². The van der Waals surface area contributed by atoms with Crippen molar-refractivity contribution in [2.75, 3.05) is 18.5 Å². The molecule has 0 spiro atoms. The lowest BCUT2D eigenvalue weighted by Gasteiger charge is -2.12. The first kappa shape index (κ1) is 21.4. The molecule has 0 fully saturated rings. The third-order valence-corrected chi connectivity index (χ3v) is 3.43. The second-order valence-electron chi connectivity index (χ2n) is 5.76. The maximum Gasteiger partial charge on any atom is 0.422 e. The van der Waals surface area contributed by atoms with E-state index in [-0.39, 0.29) is 24.5 Å². The van der Waals surface area contributed by atoms with Gasteiger partial charge in [-0.05, 0) is 35.9 Å². The number of carbonyl (C=O) groups excluding carboxylic acids is 1. The van der Waals surface area contributed by atoms with Gasteiger partial charge in [0.15, 0.2) is 6.61 Å². The zero-order valence-corrected chi connectivity index (χ0v) is 14.3. The summed E-state index contributed by atoms with van der Waals surface area (Å²) in [5, 5.41) is 5.09. The van der Waals surface area contributed by atoms with Gasteiger partial charge < -0.3 is 15.4 Å². The van der Waals surface area contributed by atoms with E-state index in [1.807, 2.05) is 0 Å². The molecule has 0 heterocycles. The predicted octanol–water partition coefficient (Wildman–Crippen LogP) is 4.37. The number of alkyl halides is 6. The summed E-state index contributed by atoms with van der Waals surface area (Å²) in [5.41, 5.74) is -0.201. The molecule has 0 saturated heterocycles. The Kier molecular flexibility index (Phi) is 6.76. The molecule has 4 nitrogen and oxygen atoms in total. The van der Waals surface area contributed by atoms with E-state index in [9.17, 15) is 31.1 Å². The van der Waals surface area contributed by atoms with Gasteiger partial charge in [-0.25, -0.2) is 0 Å². The van der Waals surface area contributed by atoms with E-state index in [4.69, 9.17) is 0 Å². The zero-order chi connectivity index (χ0) is 20.8. The average molecular weight is 406 g/mol. The van der Waals surface area contributed by atoms with Crippen molar-refractivity contribution in [3.63, 3.8) is 0 Å². The SMILES string of the molecule is O=C(CNc1cccc(C(F)(F)F)c1)NCc1cccc(OCC(F)(F)F)c1. The zero-order valence-electron chi connectivity index (χ0n) is 14.3. The molecule has 0 aliphatic heterocycles. The molecule has 0 aliphatic rings. The van der Waals surface area contributed by atoms with Crippen molar-refractivity contribution in [2.24, 2.45) is 0 Å². The molecule has 28 heavy (non-hydrogen) atoms. The summed E-state index contributed by atoms with van der Waals surface area (Å²) in [6, 6.07) is 10.2. The Morgan fingerprint density at radius 2 is 1.68 bits per heavy atom. The summed E-state index contributed by atoms with van der Waals surface area (Å²) in [4.78, 5) is 11.8. The van der Waals surface area contributed by atoms with E-state index in [1.54, 1.807) is 6.07 Å². The number of hydrogen-bond donors (Lipinski definition) is 2. The Labute approximate surface area is 156 Å². The lowest BCUT2D eigenvalue weighted by atomic mass is 10.2. The van der Waals surface area contributed by atoms with Crippen LogP contribution in [0.25, 0.3) is 0 Å². The first-order chi connectivity index (χ1) is 13.0. The van der Waals surface area contributed by atoms with Crippen molar-refractivity contribution in [1.82, 2.24) is 5.32 Å². The highest BCUT2D eigenvalue weighted by Gasteiger charge is 2.30. The number of ether oxygens (including phenoxy) is 1. The number of nitrogens with one attached hydrogen (secondary N) is 2. The van der Waals surface area contributed by atoms with Crippen LogP contribution in [0.5, 0.6) is 5.75 Å². The van der Waals surface area contributed by atoms with E-state index >= 15 is 0 Å². The normalized spacial score (nSPS) is 11.8. The largest absolute Gasteiger partial charge is 0.484 e. The number of amides is 1. The smallest absolute Gasteiger partial charge is 0.422 e. The van der Waals surface area contributed by atoms with Gasteiger partial charge in [-0.1, -0.05) is 18.2 Å². The topological polar surface area (TPSA) is 50.4 Å². The van der Waals surface area contributed by atoms with Crippen molar-refractivity contribution in [3.05, 3.63) is 59.7 Å². The summed E-state index contributed by atoms with van der Waals surface area (Å²) in [6.07, 6.45) is -8.95. The van der Waals surface area contributed by atoms with Crippen molar-refractivity contribution >= 4 is 11.6 Å². The molecule has 0 bridgehead atoms. The van der Waals surface area contributed by atoms with E-state index < -0.39 is 30.4 Å². The third kappa shape index (κ3) is 7.37.